The number of nitrogens with zero attached hydrogens (tertiary/aromatic N) is 1. The van der Waals surface area contributed by atoms with E-state index in [9.17, 15) is 4.79 Å². The van der Waals surface area contributed by atoms with Crippen LogP contribution in [-0.4, -0.2) is 18.7 Å². The van der Waals surface area contributed by atoms with Crippen LogP contribution in [0.1, 0.15) is 11.1 Å². The van der Waals surface area contributed by atoms with Crippen molar-refractivity contribution in [3.63, 3.8) is 0 Å². The first-order valence-electron chi connectivity index (χ1n) is 6.81. The number of rotatable bonds is 4. The minimum absolute atomic E-state index is 0.0890. The van der Waals surface area contributed by atoms with Gasteiger partial charge in [-0.15, -0.1) is 0 Å². The molecule has 0 aliphatic carbocycles. The van der Waals surface area contributed by atoms with E-state index in [0.717, 1.165) is 11.1 Å². The highest BCUT2D eigenvalue weighted by Gasteiger charge is 2.02. The van der Waals surface area contributed by atoms with Gasteiger partial charge >= 0.3 is 0 Å². The third-order valence-electron chi connectivity index (χ3n) is 2.76. The highest BCUT2D eigenvalue weighted by atomic mass is 16.5. The topological polar surface area (TPSA) is 50.7 Å². The van der Waals surface area contributed by atoms with Gasteiger partial charge in [-0.1, -0.05) is 42.3 Å². The van der Waals surface area contributed by atoms with Crippen LogP contribution in [0.15, 0.2) is 59.7 Å². The minimum Gasteiger partial charge on any atom is -0.483 e. The summed E-state index contributed by atoms with van der Waals surface area (Å²) < 4.78 is 5.40. The molecule has 0 atom stereocenters. The van der Waals surface area contributed by atoms with Gasteiger partial charge in [0.2, 0.25) is 0 Å². The molecule has 2 rings (SSSR count). The van der Waals surface area contributed by atoms with Gasteiger partial charge < -0.3 is 4.74 Å². The van der Waals surface area contributed by atoms with Crippen molar-refractivity contribution in [1.29, 1.82) is 0 Å². The molecule has 0 radical (unpaired) electrons. The lowest BCUT2D eigenvalue weighted by Gasteiger charge is -2.07. The van der Waals surface area contributed by atoms with Crippen LogP contribution < -0.4 is 10.2 Å². The van der Waals surface area contributed by atoms with Crippen LogP contribution >= 0.6 is 0 Å². The number of ether oxygens (including phenoxy) is 1. The van der Waals surface area contributed by atoms with Crippen LogP contribution in [0, 0.1) is 18.8 Å². The Labute approximate surface area is 129 Å². The Morgan fingerprint density at radius 3 is 2.68 bits per heavy atom. The zero-order valence-electron chi connectivity index (χ0n) is 12.2. The summed E-state index contributed by atoms with van der Waals surface area (Å²) >= 11 is 0. The number of carbonyl (C=O) groups is 1. The Morgan fingerprint density at radius 2 is 1.91 bits per heavy atom. The Balaban J connectivity index is 1.75. The summed E-state index contributed by atoms with van der Waals surface area (Å²) in [5, 5.41) is 3.74. The van der Waals surface area contributed by atoms with E-state index in [1.54, 1.807) is 0 Å². The maximum atomic E-state index is 11.6. The molecule has 4 heteroatoms. The number of benzene rings is 2. The van der Waals surface area contributed by atoms with Gasteiger partial charge in [0.1, 0.15) is 5.75 Å². The summed E-state index contributed by atoms with van der Waals surface area (Å²) in [6.45, 7) is 1.83. The molecule has 1 amide bonds. The van der Waals surface area contributed by atoms with Crippen molar-refractivity contribution in [2.24, 2.45) is 5.10 Å². The molecule has 0 saturated carbocycles. The fourth-order valence-corrected chi connectivity index (χ4v) is 1.67. The molecule has 0 heterocycles. The quantitative estimate of drug-likeness (QED) is 0.535. The highest BCUT2D eigenvalue weighted by molar-refractivity contribution is 5.82. The van der Waals surface area contributed by atoms with Crippen LogP contribution in [0.2, 0.25) is 0 Å². The molecule has 1 N–H and O–H groups in total. The average Bonchev–Trinajstić information content (AvgIpc) is 2.55. The number of hydrogen-bond acceptors (Lipinski definition) is 3. The van der Waals surface area contributed by atoms with E-state index in [2.05, 4.69) is 22.4 Å². The second kappa shape index (κ2) is 8.28. The van der Waals surface area contributed by atoms with Crippen LogP contribution in [-0.2, 0) is 4.79 Å². The third-order valence-corrected chi connectivity index (χ3v) is 2.76. The Hall–Kier alpha value is -3.06. The first-order valence-corrected chi connectivity index (χ1v) is 6.81. The van der Waals surface area contributed by atoms with Gasteiger partial charge in [-0.2, -0.15) is 5.10 Å². The summed E-state index contributed by atoms with van der Waals surface area (Å²) in [5.41, 5.74) is 4.23. The minimum atomic E-state index is -0.332. The highest BCUT2D eigenvalue weighted by Crippen LogP contribution is 2.15. The van der Waals surface area contributed by atoms with Crippen molar-refractivity contribution < 1.29 is 9.53 Å². The lowest BCUT2D eigenvalue weighted by Crippen LogP contribution is -2.24. The van der Waals surface area contributed by atoms with Gasteiger partial charge in [-0.05, 0) is 36.6 Å². The molecule has 0 aromatic heterocycles. The molecule has 0 fully saturated rings. The fourth-order valence-electron chi connectivity index (χ4n) is 1.67. The van der Waals surface area contributed by atoms with Crippen molar-refractivity contribution in [2.45, 2.75) is 6.92 Å². The molecular formula is C18H16N2O2. The normalized spacial score (nSPS) is 9.86. The van der Waals surface area contributed by atoms with Crippen LogP contribution in [0.3, 0.4) is 0 Å². The van der Waals surface area contributed by atoms with Crippen LogP contribution in [0.4, 0.5) is 0 Å². The lowest BCUT2D eigenvalue weighted by atomic mass is 10.2. The maximum absolute atomic E-state index is 11.6. The summed E-state index contributed by atoms with van der Waals surface area (Å²) in [7, 11) is 0. The number of para-hydroxylation sites is 1. The van der Waals surface area contributed by atoms with Gasteiger partial charge in [0, 0.05) is 5.56 Å². The van der Waals surface area contributed by atoms with E-state index in [1.807, 2.05) is 61.5 Å². The molecule has 0 bridgehead atoms. The number of amides is 1. The number of carbonyl (C=O) groups excluding carboxylic acids is 1. The predicted molar refractivity (Wildman–Crippen MR) is 86.6 cm³/mol. The van der Waals surface area contributed by atoms with Gasteiger partial charge in [0.25, 0.3) is 5.91 Å². The van der Waals surface area contributed by atoms with Crippen molar-refractivity contribution in [2.75, 3.05) is 6.61 Å². The molecule has 0 saturated heterocycles. The van der Waals surface area contributed by atoms with Crippen molar-refractivity contribution >= 4 is 12.1 Å². The first kappa shape index (κ1) is 15.3. The molecule has 22 heavy (non-hydrogen) atoms. The molecule has 110 valence electrons. The number of hydrogen-bond donors (Lipinski definition) is 1. The zero-order chi connectivity index (χ0) is 15.6. The van der Waals surface area contributed by atoms with Gasteiger partial charge in [-0.3, -0.25) is 4.79 Å². The summed E-state index contributed by atoms with van der Waals surface area (Å²) in [6, 6.07) is 17.0. The molecular weight excluding hydrogens is 276 g/mol. The van der Waals surface area contributed by atoms with E-state index in [0.29, 0.717) is 5.75 Å². The first-order chi connectivity index (χ1) is 10.8. The Bertz CT molecular complexity index is 713. The summed E-state index contributed by atoms with van der Waals surface area (Å²) in [4.78, 5) is 11.6. The second-order valence-corrected chi connectivity index (χ2v) is 4.48. The van der Waals surface area contributed by atoms with E-state index < -0.39 is 0 Å². The molecule has 0 unspecified atom stereocenters. The van der Waals surface area contributed by atoms with Crippen LogP contribution in [0.5, 0.6) is 5.75 Å². The summed E-state index contributed by atoms with van der Waals surface area (Å²) in [5.74, 6) is 6.00. The van der Waals surface area contributed by atoms with Gasteiger partial charge in [0.15, 0.2) is 6.61 Å². The zero-order valence-corrected chi connectivity index (χ0v) is 12.2. The molecule has 0 aliphatic heterocycles. The second-order valence-electron chi connectivity index (χ2n) is 4.48. The van der Waals surface area contributed by atoms with E-state index in [4.69, 9.17) is 4.74 Å². The Kier molecular flexibility index (Phi) is 5.77. The maximum Gasteiger partial charge on any atom is 0.277 e. The van der Waals surface area contributed by atoms with Gasteiger partial charge in [-0.25, -0.2) is 5.43 Å². The lowest BCUT2D eigenvalue weighted by molar-refractivity contribution is -0.123. The van der Waals surface area contributed by atoms with Crippen molar-refractivity contribution in [3.8, 4) is 17.6 Å². The fraction of sp³-hybridized carbons (Fsp3) is 0.111. The summed E-state index contributed by atoms with van der Waals surface area (Å²) in [6.07, 6.45) is 1.35. The molecule has 0 spiro atoms. The van der Waals surface area contributed by atoms with Crippen molar-refractivity contribution in [1.82, 2.24) is 5.43 Å². The largest absolute Gasteiger partial charge is 0.483 e. The molecule has 0 aliphatic rings. The van der Waals surface area contributed by atoms with E-state index >= 15 is 0 Å². The SMILES string of the molecule is Cc1ccccc1OCC(=O)N/N=C\C#Cc1ccccc1. The monoisotopic (exact) mass is 292 g/mol. The van der Waals surface area contributed by atoms with Crippen LogP contribution in [0.25, 0.3) is 0 Å². The average molecular weight is 292 g/mol. The predicted octanol–water partition coefficient (Wildman–Crippen LogP) is 2.53. The van der Waals surface area contributed by atoms with Crippen molar-refractivity contribution in [3.05, 3.63) is 65.7 Å². The Morgan fingerprint density at radius 1 is 1.18 bits per heavy atom. The molecule has 2 aromatic rings. The number of aryl methyl sites for hydroxylation is 1. The smallest absolute Gasteiger partial charge is 0.277 e. The standard InChI is InChI=1S/C18H16N2O2/c1-15-8-5-6-12-17(15)22-14-18(21)20-19-13-7-11-16-9-3-2-4-10-16/h2-6,8-10,12-13H,14H2,1H3,(H,20,21)/b19-13-. The molecule has 2 aromatic carbocycles. The molecule has 4 nitrogen and oxygen atoms in total. The van der Waals surface area contributed by atoms with E-state index in [-0.39, 0.29) is 12.5 Å². The number of hydrazone groups is 1. The number of nitrogens with one attached hydrogen (secondary N) is 1. The third kappa shape index (κ3) is 5.14. The van der Waals surface area contributed by atoms with Gasteiger partial charge in [0.05, 0.1) is 6.21 Å². The van der Waals surface area contributed by atoms with E-state index in [1.165, 1.54) is 6.21 Å².